The van der Waals surface area contributed by atoms with Crippen molar-refractivity contribution in [3.05, 3.63) is 58.3 Å². The van der Waals surface area contributed by atoms with E-state index in [1.807, 2.05) is 0 Å². The zero-order valence-corrected chi connectivity index (χ0v) is 9.31. The van der Waals surface area contributed by atoms with Crippen LogP contribution in [0.4, 0.5) is 5.69 Å². The molecule has 2 rings (SSSR count). The summed E-state index contributed by atoms with van der Waals surface area (Å²) >= 11 is 0. The number of aliphatic hydroxyl groups is 1. The van der Waals surface area contributed by atoms with Crippen molar-refractivity contribution in [2.24, 2.45) is 0 Å². The highest BCUT2D eigenvalue weighted by Gasteiger charge is 2.05. The molecule has 1 N–H and O–H groups in total. The molecule has 0 saturated heterocycles. The van der Waals surface area contributed by atoms with E-state index >= 15 is 0 Å². The van der Waals surface area contributed by atoms with Gasteiger partial charge < -0.3 is 9.84 Å². The fourth-order valence-electron chi connectivity index (χ4n) is 1.32. The van der Waals surface area contributed by atoms with E-state index < -0.39 is 4.92 Å². The van der Waals surface area contributed by atoms with Gasteiger partial charge in [-0.2, -0.15) is 0 Å². The number of benzene rings is 1. The van der Waals surface area contributed by atoms with Crippen LogP contribution in [0, 0.1) is 10.1 Å². The summed E-state index contributed by atoms with van der Waals surface area (Å²) in [5.74, 6) is 0.825. The minimum Gasteiger partial charge on any atom is -0.439 e. The van der Waals surface area contributed by atoms with Crippen molar-refractivity contribution in [2.75, 3.05) is 0 Å². The lowest BCUT2D eigenvalue weighted by atomic mass is 10.3. The molecule has 1 aromatic heterocycles. The van der Waals surface area contributed by atoms with Gasteiger partial charge in [0, 0.05) is 24.4 Å². The van der Waals surface area contributed by atoms with Crippen molar-refractivity contribution < 1.29 is 14.8 Å². The highest BCUT2D eigenvalue weighted by Crippen LogP contribution is 2.22. The average molecular weight is 246 g/mol. The van der Waals surface area contributed by atoms with E-state index in [0.717, 1.165) is 0 Å². The summed E-state index contributed by atoms with van der Waals surface area (Å²) in [7, 11) is 0. The van der Waals surface area contributed by atoms with Crippen LogP contribution < -0.4 is 4.74 Å². The Labute approximate surface area is 103 Å². The Balaban J connectivity index is 2.10. The normalized spacial score (nSPS) is 10.1. The second kappa shape index (κ2) is 5.24. The number of aliphatic hydroxyl groups excluding tert-OH is 1. The molecule has 92 valence electrons. The first-order valence-electron chi connectivity index (χ1n) is 5.17. The second-order valence-electron chi connectivity index (χ2n) is 3.52. The lowest BCUT2D eigenvalue weighted by Crippen LogP contribution is -1.91. The summed E-state index contributed by atoms with van der Waals surface area (Å²) in [6.45, 7) is -0.0786. The first-order valence-corrected chi connectivity index (χ1v) is 5.17. The summed E-state index contributed by atoms with van der Waals surface area (Å²) in [6.07, 6.45) is 1.50. The van der Waals surface area contributed by atoms with Gasteiger partial charge in [-0.1, -0.05) is 0 Å². The Bertz CT molecular complexity index is 537. The van der Waals surface area contributed by atoms with E-state index in [1.54, 1.807) is 12.1 Å². The maximum absolute atomic E-state index is 10.5. The van der Waals surface area contributed by atoms with Crippen molar-refractivity contribution in [1.82, 2.24) is 4.98 Å². The molecule has 0 atom stereocenters. The van der Waals surface area contributed by atoms with Crippen LogP contribution in [0.2, 0.25) is 0 Å². The van der Waals surface area contributed by atoms with Gasteiger partial charge in [0.05, 0.1) is 11.5 Å². The number of pyridine rings is 1. The van der Waals surface area contributed by atoms with Gasteiger partial charge in [-0.3, -0.25) is 10.1 Å². The first-order chi connectivity index (χ1) is 8.69. The first kappa shape index (κ1) is 12.0. The number of nitro groups is 1. The highest BCUT2D eigenvalue weighted by molar-refractivity contribution is 5.37. The molecular weight excluding hydrogens is 236 g/mol. The summed E-state index contributed by atoms with van der Waals surface area (Å²) in [5, 5.41) is 19.3. The van der Waals surface area contributed by atoms with Crippen LogP contribution in [0.25, 0.3) is 0 Å². The molecule has 0 aliphatic carbocycles. The molecular formula is C12H10N2O4. The van der Waals surface area contributed by atoms with Gasteiger partial charge >= 0.3 is 0 Å². The molecule has 0 aliphatic heterocycles. The van der Waals surface area contributed by atoms with Crippen molar-refractivity contribution in [3.8, 4) is 11.6 Å². The van der Waals surface area contributed by atoms with Crippen LogP contribution in [0.1, 0.15) is 5.56 Å². The maximum atomic E-state index is 10.5. The minimum atomic E-state index is -0.474. The van der Waals surface area contributed by atoms with Gasteiger partial charge in [0.15, 0.2) is 0 Å². The predicted octanol–water partition coefficient (Wildman–Crippen LogP) is 2.27. The largest absolute Gasteiger partial charge is 0.439 e. The average Bonchev–Trinajstić information content (AvgIpc) is 2.40. The topological polar surface area (TPSA) is 85.5 Å². The summed E-state index contributed by atoms with van der Waals surface area (Å²) < 4.78 is 5.40. The molecule has 18 heavy (non-hydrogen) atoms. The number of nitro benzene ring substituents is 1. The van der Waals surface area contributed by atoms with Crippen LogP contribution in [0.3, 0.4) is 0 Å². The number of hydrogen-bond acceptors (Lipinski definition) is 5. The molecule has 6 nitrogen and oxygen atoms in total. The molecule has 1 aromatic carbocycles. The summed E-state index contributed by atoms with van der Waals surface area (Å²) in [4.78, 5) is 14.0. The molecule has 6 heteroatoms. The van der Waals surface area contributed by atoms with Gasteiger partial charge in [0.25, 0.3) is 5.69 Å². The Morgan fingerprint density at radius 1 is 1.22 bits per heavy atom. The third-order valence-electron chi connectivity index (χ3n) is 2.25. The number of aromatic nitrogens is 1. The Hall–Kier alpha value is -2.47. The minimum absolute atomic E-state index is 0.00550. The van der Waals surface area contributed by atoms with E-state index in [4.69, 9.17) is 9.84 Å². The van der Waals surface area contributed by atoms with Crippen molar-refractivity contribution in [2.45, 2.75) is 6.61 Å². The van der Waals surface area contributed by atoms with Gasteiger partial charge in [-0.25, -0.2) is 4.98 Å². The van der Waals surface area contributed by atoms with E-state index in [9.17, 15) is 10.1 Å². The summed E-state index contributed by atoms with van der Waals surface area (Å²) in [6, 6.07) is 9.02. The Kier molecular flexibility index (Phi) is 3.49. The lowest BCUT2D eigenvalue weighted by molar-refractivity contribution is -0.384. The number of nitrogens with zero attached hydrogens (tertiary/aromatic N) is 2. The Morgan fingerprint density at radius 3 is 2.44 bits per heavy atom. The molecule has 0 radical (unpaired) electrons. The fourth-order valence-corrected chi connectivity index (χ4v) is 1.32. The van der Waals surface area contributed by atoms with E-state index in [-0.39, 0.29) is 12.3 Å². The van der Waals surface area contributed by atoms with E-state index in [1.165, 1.54) is 30.5 Å². The zero-order valence-electron chi connectivity index (χ0n) is 9.31. The SMILES string of the molecule is O=[N+]([O-])c1ccc(Oc2ccc(CO)cn2)cc1. The van der Waals surface area contributed by atoms with Gasteiger partial charge in [0.2, 0.25) is 5.88 Å². The molecule has 2 aromatic rings. The van der Waals surface area contributed by atoms with Crippen molar-refractivity contribution in [1.29, 1.82) is 0 Å². The smallest absolute Gasteiger partial charge is 0.269 e. The molecule has 0 saturated carbocycles. The van der Waals surface area contributed by atoms with Gasteiger partial charge in [-0.05, 0) is 23.8 Å². The lowest BCUT2D eigenvalue weighted by Gasteiger charge is -2.04. The Morgan fingerprint density at radius 2 is 1.94 bits per heavy atom. The van der Waals surface area contributed by atoms with Crippen molar-refractivity contribution >= 4 is 5.69 Å². The third-order valence-corrected chi connectivity index (χ3v) is 2.25. The van der Waals surface area contributed by atoms with E-state index in [0.29, 0.717) is 17.2 Å². The number of ether oxygens (including phenoxy) is 1. The van der Waals surface area contributed by atoms with E-state index in [2.05, 4.69) is 4.98 Å². The standard InChI is InChI=1S/C12H10N2O4/c15-8-9-1-6-12(13-7-9)18-11-4-2-10(3-5-11)14(16)17/h1-7,15H,8H2. The highest BCUT2D eigenvalue weighted by atomic mass is 16.6. The van der Waals surface area contributed by atoms with Gasteiger partial charge in [0.1, 0.15) is 5.75 Å². The van der Waals surface area contributed by atoms with Crippen LogP contribution in [-0.4, -0.2) is 15.0 Å². The second-order valence-corrected chi connectivity index (χ2v) is 3.52. The molecule has 0 amide bonds. The molecule has 0 spiro atoms. The maximum Gasteiger partial charge on any atom is 0.269 e. The number of rotatable bonds is 4. The quantitative estimate of drug-likeness (QED) is 0.660. The van der Waals surface area contributed by atoms with Crippen LogP contribution in [0.5, 0.6) is 11.6 Å². The van der Waals surface area contributed by atoms with Crippen LogP contribution >= 0.6 is 0 Å². The number of non-ortho nitro benzene ring substituents is 1. The van der Waals surface area contributed by atoms with Gasteiger partial charge in [-0.15, -0.1) is 0 Å². The molecule has 0 fully saturated rings. The predicted molar refractivity (Wildman–Crippen MR) is 63.3 cm³/mol. The van der Waals surface area contributed by atoms with Crippen LogP contribution in [0.15, 0.2) is 42.6 Å². The van der Waals surface area contributed by atoms with Crippen LogP contribution in [-0.2, 0) is 6.61 Å². The molecule has 1 heterocycles. The molecule has 0 bridgehead atoms. The number of hydrogen-bond donors (Lipinski definition) is 1. The van der Waals surface area contributed by atoms with Crippen molar-refractivity contribution in [3.63, 3.8) is 0 Å². The fraction of sp³-hybridized carbons (Fsp3) is 0.0833. The molecule has 0 unspecified atom stereocenters. The summed E-state index contributed by atoms with van der Waals surface area (Å²) in [5.41, 5.74) is 0.692. The zero-order chi connectivity index (χ0) is 13.0. The molecule has 0 aliphatic rings. The monoisotopic (exact) mass is 246 g/mol. The third kappa shape index (κ3) is 2.80.